The number of morpholine rings is 1. The van der Waals surface area contributed by atoms with Crippen molar-refractivity contribution in [2.75, 3.05) is 31.2 Å². The molecule has 1 aliphatic rings. The molecule has 1 aliphatic heterocycles. The molecule has 33 heavy (non-hydrogen) atoms. The van der Waals surface area contributed by atoms with Gasteiger partial charge in [-0.15, -0.1) is 0 Å². The number of carbonyl (C=O) groups excluding carboxylic acids is 3. The van der Waals surface area contributed by atoms with Crippen LogP contribution in [0.1, 0.15) is 16.1 Å². The van der Waals surface area contributed by atoms with Gasteiger partial charge in [-0.25, -0.2) is 9.18 Å². The minimum absolute atomic E-state index is 0.0193. The Bertz CT molecular complexity index is 993. The molecule has 1 fully saturated rings. The number of halogens is 4. The van der Waals surface area contributed by atoms with Crippen molar-refractivity contribution in [2.45, 2.75) is 12.7 Å². The molecule has 0 atom stereocenters. The molecule has 176 valence electrons. The largest absolute Gasteiger partial charge is 0.472 e. The number of ether oxygens (including phenoxy) is 1. The maximum atomic E-state index is 13.4. The van der Waals surface area contributed by atoms with Gasteiger partial charge < -0.3 is 9.64 Å². The molecule has 13 heteroatoms. The highest BCUT2D eigenvalue weighted by Gasteiger charge is 2.39. The van der Waals surface area contributed by atoms with Gasteiger partial charge in [-0.2, -0.15) is 13.2 Å². The number of amides is 4. The number of rotatable bonds is 4. The Labute approximate surface area is 185 Å². The van der Waals surface area contributed by atoms with Gasteiger partial charge in [-0.05, 0) is 36.4 Å². The summed E-state index contributed by atoms with van der Waals surface area (Å²) in [4.78, 5) is 42.8. The molecule has 2 N–H and O–H groups in total. The molecule has 1 aromatic carbocycles. The smallest absolute Gasteiger partial charge is 0.378 e. The topological polar surface area (TPSA) is 104 Å². The van der Waals surface area contributed by atoms with Crippen molar-refractivity contribution in [3.63, 3.8) is 0 Å². The minimum Gasteiger partial charge on any atom is -0.378 e. The minimum atomic E-state index is -5.15. The van der Waals surface area contributed by atoms with E-state index in [4.69, 9.17) is 4.74 Å². The fraction of sp³-hybridized carbons (Fsp3) is 0.300. The molecule has 0 unspecified atom stereocenters. The number of anilines is 1. The SMILES string of the molecule is O=C(NNC(=O)C(F)(F)F)c1ccc(CN(C(=O)N2CCOCC2)c2ccc(F)cc2)nc1. The Hall–Kier alpha value is -3.74. The third-order valence-corrected chi connectivity index (χ3v) is 4.60. The van der Waals surface area contributed by atoms with Gasteiger partial charge in [0.15, 0.2) is 0 Å². The first-order valence-electron chi connectivity index (χ1n) is 9.67. The van der Waals surface area contributed by atoms with E-state index in [1.54, 1.807) is 10.3 Å². The van der Waals surface area contributed by atoms with Crippen LogP contribution in [-0.2, 0) is 16.1 Å². The number of hydrogen-bond acceptors (Lipinski definition) is 5. The zero-order valence-electron chi connectivity index (χ0n) is 17.1. The molecule has 0 aliphatic carbocycles. The summed E-state index contributed by atoms with van der Waals surface area (Å²) in [6.45, 7) is 1.51. The summed E-state index contributed by atoms with van der Waals surface area (Å²) in [5.74, 6) is -3.80. The zero-order valence-corrected chi connectivity index (χ0v) is 17.1. The maximum Gasteiger partial charge on any atom is 0.472 e. The molecular weight excluding hydrogens is 450 g/mol. The van der Waals surface area contributed by atoms with E-state index >= 15 is 0 Å². The van der Waals surface area contributed by atoms with Crippen LogP contribution < -0.4 is 15.8 Å². The molecular formula is C20H19F4N5O4. The Morgan fingerprint density at radius 1 is 1.03 bits per heavy atom. The first kappa shape index (κ1) is 23.9. The van der Waals surface area contributed by atoms with Gasteiger partial charge in [0.2, 0.25) is 0 Å². The quantitative estimate of drug-likeness (QED) is 0.527. The number of nitrogens with one attached hydrogen (secondary N) is 2. The van der Waals surface area contributed by atoms with Gasteiger partial charge in [-0.1, -0.05) is 0 Å². The predicted molar refractivity (Wildman–Crippen MR) is 106 cm³/mol. The lowest BCUT2D eigenvalue weighted by molar-refractivity contribution is -0.174. The van der Waals surface area contributed by atoms with Crippen LogP contribution in [0.5, 0.6) is 0 Å². The van der Waals surface area contributed by atoms with Crippen molar-refractivity contribution in [2.24, 2.45) is 0 Å². The highest BCUT2D eigenvalue weighted by atomic mass is 19.4. The first-order valence-corrected chi connectivity index (χ1v) is 9.67. The summed E-state index contributed by atoms with van der Waals surface area (Å²) in [6, 6.07) is 7.65. The van der Waals surface area contributed by atoms with Crippen LogP contribution in [0, 0.1) is 5.82 Å². The molecule has 2 aromatic rings. The average Bonchev–Trinajstić information content (AvgIpc) is 2.81. The first-order chi connectivity index (χ1) is 15.6. The molecule has 0 spiro atoms. The fourth-order valence-corrected chi connectivity index (χ4v) is 2.89. The van der Waals surface area contributed by atoms with Crippen LogP contribution in [0.4, 0.5) is 28.0 Å². The number of benzene rings is 1. The van der Waals surface area contributed by atoms with Crippen LogP contribution in [0.2, 0.25) is 0 Å². The van der Waals surface area contributed by atoms with Crippen molar-refractivity contribution >= 4 is 23.5 Å². The summed E-state index contributed by atoms with van der Waals surface area (Å²) < 4.78 is 55.2. The number of urea groups is 1. The number of nitrogens with zero attached hydrogens (tertiary/aromatic N) is 3. The van der Waals surface area contributed by atoms with Gasteiger partial charge in [0, 0.05) is 25.0 Å². The van der Waals surface area contributed by atoms with Crippen molar-refractivity contribution < 1.29 is 36.7 Å². The molecule has 1 saturated heterocycles. The second kappa shape index (κ2) is 10.3. The average molecular weight is 469 g/mol. The number of aromatic nitrogens is 1. The third kappa shape index (κ3) is 6.38. The second-order valence-electron chi connectivity index (χ2n) is 6.89. The van der Waals surface area contributed by atoms with Crippen LogP contribution in [0.15, 0.2) is 42.6 Å². The Kier molecular flexibility index (Phi) is 7.43. The van der Waals surface area contributed by atoms with Crippen LogP contribution in [0.3, 0.4) is 0 Å². The summed E-state index contributed by atoms with van der Waals surface area (Å²) in [7, 11) is 0. The van der Waals surface area contributed by atoms with Crippen molar-refractivity contribution in [1.29, 1.82) is 0 Å². The summed E-state index contributed by atoms with van der Waals surface area (Å²) in [5, 5.41) is 0. The maximum absolute atomic E-state index is 13.4. The van der Waals surface area contributed by atoms with Gasteiger partial charge >= 0.3 is 18.1 Å². The molecule has 1 aromatic heterocycles. The summed E-state index contributed by atoms with van der Waals surface area (Å²) >= 11 is 0. The lowest BCUT2D eigenvalue weighted by Gasteiger charge is -2.33. The number of hydrazine groups is 1. The van der Waals surface area contributed by atoms with Gasteiger partial charge in [0.05, 0.1) is 31.0 Å². The van der Waals surface area contributed by atoms with Crippen LogP contribution >= 0.6 is 0 Å². The van der Waals surface area contributed by atoms with Crippen molar-refractivity contribution in [1.82, 2.24) is 20.7 Å². The van der Waals surface area contributed by atoms with E-state index in [1.165, 1.54) is 46.7 Å². The van der Waals surface area contributed by atoms with Crippen molar-refractivity contribution in [3.8, 4) is 0 Å². The normalized spacial score (nSPS) is 13.9. The highest BCUT2D eigenvalue weighted by Crippen LogP contribution is 2.20. The van der Waals surface area contributed by atoms with Gasteiger partial charge in [0.25, 0.3) is 5.91 Å². The predicted octanol–water partition coefficient (Wildman–Crippen LogP) is 2.00. The second-order valence-corrected chi connectivity index (χ2v) is 6.89. The fourth-order valence-electron chi connectivity index (χ4n) is 2.89. The van der Waals surface area contributed by atoms with Crippen LogP contribution in [0.25, 0.3) is 0 Å². The van der Waals surface area contributed by atoms with E-state index in [-0.39, 0.29) is 18.1 Å². The Balaban J connectivity index is 1.72. The summed E-state index contributed by atoms with van der Waals surface area (Å²) in [5.41, 5.74) is 3.56. The van der Waals surface area contributed by atoms with E-state index in [0.29, 0.717) is 37.7 Å². The molecule has 4 amide bonds. The Morgan fingerprint density at radius 3 is 2.27 bits per heavy atom. The monoisotopic (exact) mass is 469 g/mol. The van der Waals surface area contributed by atoms with E-state index in [1.807, 2.05) is 0 Å². The Morgan fingerprint density at radius 2 is 1.70 bits per heavy atom. The molecule has 0 radical (unpaired) electrons. The molecule has 0 bridgehead atoms. The lowest BCUT2D eigenvalue weighted by Crippen LogP contribution is -2.48. The lowest BCUT2D eigenvalue weighted by atomic mass is 10.2. The highest BCUT2D eigenvalue weighted by molar-refractivity contribution is 5.95. The number of pyridine rings is 1. The molecule has 2 heterocycles. The van der Waals surface area contributed by atoms with Gasteiger partial charge in [0.1, 0.15) is 5.82 Å². The number of hydrogen-bond donors (Lipinski definition) is 2. The van der Waals surface area contributed by atoms with E-state index in [9.17, 15) is 31.9 Å². The molecule has 3 rings (SSSR count). The third-order valence-electron chi connectivity index (χ3n) is 4.60. The zero-order chi connectivity index (χ0) is 24.0. The molecule has 9 nitrogen and oxygen atoms in total. The van der Waals surface area contributed by atoms with Crippen molar-refractivity contribution in [3.05, 3.63) is 59.7 Å². The van der Waals surface area contributed by atoms with E-state index in [2.05, 4.69) is 4.98 Å². The van der Waals surface area contributed by atoms with E-state index in [0.717, 1.165) is 6.20 Å². The summed E-state index contributed by atoms with van der Waals surface area (Å²) in [6.07, 6.45) is -4.06. The van der Waals surface area contributed by atoms with Crippen LogP contribution in [-0.4, -0.2) is 60.2 Å². The number of carbonyl (C=O) groups is 3. The van der Waals surface area contributed by atoms with Gasteiger partial charge in [-0.3, -0.25) is 30.3 Å². The molecule has 0 saturated carbocycles. The number of alkyl halides is 3. The van der Waals surface area contributed by atoms with E-state index < -0.39 is 23.8 Å². The standard InChI is InChI=1S/C20H19F4N5O4/c21-14-2-5-16(6-3-14)29(19(32)28-7-9-33-10-8-28)12-15-4-1-13(11-25-15)17(30)26-27-18(31)20(22,23)24/h1-6,11H,7-10,12H2,(H,26,30)(H,27,31).